The number of ether oxygens (including phenoxy) is 4. The van der Waals surface area contributed by atoms with Crippen LogP contribution >= 0.6 is 0 Å². The number of pyridine rings is 1. The second-order valence-corrected chi connectivity index (χ2v) is 12.1. The van der Waals surface area contributed by atoms with Crippen molar-refractivity contribution in [2.75, 3.05) is 60.2 Å². The van der Waals surface area contributed by atoms with Gasteiger partial charge in [-0.25, -0.2) is 9.78 Å². The zero-order valence-electron chi connectivity index (χ0n) is 29.0. The lowest BCUT2D eigenvalue weighted by Crippen LogP contribution is -2.56. The van der Waals surface area contributed by atoms with E-state index in [1.54, 1.807) is 56.4 Å². The largest absolute Gasteiger partial charge is 0.497 e. The van der Waals surface area contributed by atoms with E-state index in [0.717, 1.165) is 18.4 Å². The highest BCUT2D eigenvalue weighted by Gasteiger charge is 2.33. The van der Waals surface area contributed by atoms with E-state index in [2.05, 4.69) is 10.3 Å². The molecular weight excluding hydrogens is 662 g/mol. The van der Waals surface area contributed by atoms with Crippen molar-refractivity contribution in [2.24, 2.45) is 0 Å². The second-order valence-electron chi connectivity index (χ2n) is 12.1. The monoisotopic (exact) mass is 705 g/mol. The Labute approximate surface area is 295 Å². The molecule has 2 aliphatic rings. The van der Waals surface area contributed by atoms with E-state index in [1.807, 2.05) is 12.1 Å². The molecule has 2 saturated heterocycles. The molecule has 51 heavy (non-hydrogen) atoms. The van der Waals surface area contributed by atoms with Gasteiger partial charge in [-0.2, -0.15) is 0 Å². The molecule has 0 bridgehead atoms. The Hall–Kier alpha value is -5.60. The number of likely N-dealkylation sites (tertiary alicyclic amines) is 1. The number of fused-ring (bicyclic) bond motifs is 1. The summed E-state index contributed by atoms with van der Waals surface area (Å²) in [4.78, 5) is 73.5. The molecule has 2 aromatic carbocycles. The average Bonchev–Trinajstić information content (AvgIpc) is 3.64. The molecule has 1 aromatic heterocycles. The van der Waals surface area contributed by atoms with Crippen LogP contribution in [0.2, 0.25) is 0 Å². The van der Waals surface area contributed by atoms with Gasteiger partial charge >= 0.3 is 12.1 Å². The van der Waals surface area contributed by atoms with Gasteiger partial charge in [0.05, 0.1) is 32.4 Å². The lowest BCUT2D eigenvalue weighted by molar-refractivity contribution is -0.138. The molecule has 272 valence electrons. The van der Waals surface area contributed by atoms with Crippen molar-refractivity contribution in [3.05, 3.63) is 59.8 Å². The van der Waals surface area contributed by atoms with Crippen LogP contribution < -0.4 is 19.5 Å². The van der Waals surface area contributed by atoms with Crippen LogP contribution in [-0.4, -0.2) is 121 Å². The molecule has 2 N–H and O–H groups in total. The number of para-hydroxylation sites is 1. The highest BCUT2D eigenvalue weighted by atomic mass is 16.6. The van der Waals surface area contributed by atoms with Crippen LogP contribution in [0.1, 0.15) is 54.7 Å². The Morgan fingerprint density at radius 3 is 2.39 bits per heavy atom. The Bertz CT molecular complexity index is 1760. The van der Waals surface area contributed by atoms with Crippen LogP contribution in [0.4, 0.5) is 4.79 Å². The summed E-state index contributed by atoms with van der Waals surface area (Å²) in [5.74, 6) is -1.03. The van der Waals surface area contributed by atoms with E-state index in [0.29, 0.717) is 28.9 Å². The molecule has 2 aliphatic heterocycles. The Morgan fingerprint density at radius 2 is 1.69 bits per heavy atom. The number of hydrogen-bond acceptors (Lipinski definition) is 10. The van der Waals surface area contributed by atoms with E-state index in [4.69, 9.17) is 18.9 Å². The number of aromatic nitrogens is 1. The molecule has 3 heterocycles. The van der Waals surface area contributed by atoms with Gasteiger partial charge in [0.1, 0.15) is 29.0 Å². The molecule has 2 fully saturated rings. The number of amides is 4. The first-order valence-corrected chi connectivity index (χ1v) is 16.9. The third-order valence-electron chi connectivity index (χ3n) is 9.00. The van der Waals surface area contributed by atoms with Crippen LogP contribution in [0.25, 0.3) is 10.9 Å². The standard InChI is InChI=1S/C36H43N5O10/c1-4-50-36(47)40-18-16-39(17-19-40)35(46)27(13-14-33(43)44)38-34(45)28-21-31(24-8-5-6-9-26(24)37-28)51-22-32(42)41-15-7-10-29(41)25-12-11-23(48-2)20-30(25)49-3/h5-6,8-9,11-12,20-21,27,29H,4,7,10,13-19,22H2,1-3H3,(H,38,45)(H,43,44)/t27-,29?/m0/s1. The summed E-state index contributed by atoms with van der Waals surface area (Å²) >= 11 is 0. The minimum absolute atomic E-state index is 0.0709. The van der Waals surface area contributed by atoms with Gasteiger partial charge in [-0.15, -0.1) is 0 Å². The predicted octanol–water partition coefficient (Wildman–Crippen LogP) is 3.26. The molecule has 4 amide bonds. The molecule has 5 rings (SSSR count). The maximum Gasteiger partial charge on any atom is 0.409 e. The first kappa shape index (κ1) is 36.7. The van der Waals surface area contributed by atoms with Gasteiger partial charge in [-0.05, 0) is 50.5 Å². The fourth-order valence-corrected chi connectivity index (χ4v) is 6.39. The highest BCUT2D eigenvalue weighted by molar-refractivity contribution is 5.99. The van der Waals surface area contributed by atoms with Crippen LogP contribution in [0.15, 0.2) is 48.5 Å². The summed E-state index contributed by atoms with van der Waals surface area (Å²) in [6.45, 7) is 3.03. The van der Waals surface area contributed by atoms with Crippen molar-refractivity contribution in [3.8, 4) is 17.2 Å². The van der Waals surface area contributed by atoms with Crippen LogP contribution in [0.3, 0.4) is 0 Å². The molecule has 0 aliphatic carbocycles. The summed E-state index contributed by atoms with van der Waals surface area (Å²) in [6.07, 6.45) is 0.567. The number of carboxylic acid groups (broad SMARTS) is 1. The van der Waals surface area contributed by atoms with Crippen molar-refractivity contribution < 1.29 is 48.0 Å². The normalized spacial score (nSPS) is 16.4. The number of aliphatic carboxylic acids is 1. The zero-order valence-corrected chi connectivity index (χ0v) is 29.0. The van der Waals surface area contributed by atoms with Gasteiger partial charge in [0.2, 0.25) is 5.91 Å². The second kappa shape index (κ2) is 16.9. The quantitative estimate of drug-likeness (QED) is 0.267. The molecule has 0 spiro atoms. The molecule has 15 nitrogen and oxygen atoms in total. The van der Waals surface area contributed by atoms with Crippen LogP contribution in [0, 0.1) is 0 Å². The minimum Gasteiger partial charge on any atom is -0.497 e. The number of piperazine rings is 1. The Morgan fingerprint density at radius 1 is 0.941 bits per heavy atom. The smallest absolute Gasteiger partial charge is 0.409 e. The molecule has 3 aromatic rings. The molecular formula is C36H43N5O10. The van der Waals surface area contributed by atoms with E-state index >= 15 is 0 Å². The van der Waals surface area contributed by atoms with Gasteiger partial charge in [-0.1, -0.05) is 12.1 Å². The number of nitrogens with zero attached hydrogens (tertiary/aromatic N) is 4. The molecule has 1 unspecified atom stereocenters. The van der Waals surface area contributed by atoms with E-state index in [9.17, 15) is 29.1 Å². The number of carbonyl (C=O) groups is 5. The van der Waals surface area contributed by atoms with Crippen molar-refractivity contribution in [2.45, 2.75) is 44.7 Å². The summed E-state index contributed by atoms with van der Waals surface area (Å²) < 4.78 is 22.0. The topological polar surface area (TPSA) is 177 Å². The highest BCUT2D eigenvalue weighted by Crippen LogP contribution is 2.39. The van der Waals surface area contributed by atoms with Gasteiger partial charge in [0.25, 0.3) is 11.8 Å². The minimum atomic E-state index is -1.16. The first-order chi connectivity index (χ1) is 24.6. The van der Waals surface area contributed by atoms with Gasteiger partial charge < -0.3 is 44.1 Å². The Kier molecular flexibility index (Phi) is 12.1. The van der Waals surface area contributed by atoms with E-state index in [-0.39, 0.29) is 75.6 Å². The first-order valence-electron chi connectivity index (χ1n) is 16.9. The van der Waals surface area contributed by atoms with Crippen molar-refractivity contribution in [1.82, 2.24) is 25.0 Å². The molecule has 0 saturated carbocycles. The van der Waals surface area contributed by atoms with E-state index < -0.39 is 29.9 Å². The van der Waals surface area contributed by atoms with Gasteiger partial charge in [0.15, 0.2) is 6.61 Å². The number of carboxylic acids is 1. The lowest BCUT2D eigenvalue weighted by atomic mass is 10.0. The lowest BCUT2D eigenvalue weighted by Gasteiger charge is -2.35. The summed E-state index contributed by atoms with van der Waals surface area (Å²) in [7, 11) is 3.15. The number of methoxy groups -OCH3 is 2. The van der Waals surface area contributed by atoms with Crippen molar-refractivity contribution >= 4 is 40.7 Å². The summed E-state index contributed by atoms with van der Waals surface area (Å²) in [5.41, 5.74) is 1.22. The number of benzene rings is 2. The van der Waals surface area contributed by atoms with Gasteiger partial charge in [-0.3, -0.25) is 19.2 Å². The number of carbonyl (C=O) groups excluding carboxylic acids is 4. The molecule has 0 radical (unpaired) electrons. The third-order valence-corrected chi connectivity index (χ3v) is 9.00. The van der Waals surface area contributed by atoms with Crippen LogP contribution in [-0.2, 0) is 19.1 Å². The maximum absolute atomic E-state index is 13.6. The number of hydrogen-bond donors (Lipinski definition) is 2. The predicted molar refractivity (Wildman–Crippen MR) is 184 cm³/mol. The fourth-order valence-electron chi connectivity index (χ4n) is 6.39. The van der Waals surface area contributed by atoms with Gasteiger partial charge in [0, 0.05) is 62.2 Å². The average molecular weight is 706 g/mol. The van der Waals surface area contributed by atoms with Crippen molar-refractivity contribution in [3.63, 3.8) is 0 Å². The third kappa shape index (κ3) is 8.77. The Balaban J connectivity index is 1.31. The maximum atomic E-state index is 13.6. The summed E-state index contributed by atoms with van der Waals surface area (Å²) in [5, 5.41) is 12.6. The zero-order chi connectivity index (χ0) is 36.5. The summed E-state index contributed by atoms with van der Waals surface area (Å²) in [6, 6.07) is 12.5. The SMILES string of the molecule is CCOC(=O)N1CCN(C(=O)[C@H](CCC(=O)O)NC(=O)c2cc(OCC(=O)N3CCCC3c3ccc(OC)cc3OC)c3ccccc3n2)CC1. The number of nitrogens with one attached hydrogen (secondary N) is 1. The molecule has 15 heteroatoms. The fraction of sp³-hybridized carbons (Fsp3) is 0.444. The number of rotatable bonds is 13. The van der Waals surface area contributed by atoms with Crippen molar-refractivity contribution in [1.29, 1.82) is 0 Å². The molecule has 2 atom stereocenters. The van der Waals surface area contributed by atoms with E-state index in [1.165, 1.54) is 15.9 Å². The van der Waals surface area contributed by atoms with Crippen LogP contribution in [0.5, 0.6) is 17.2 Å².